The molecule has 0 aromatic carbocycles. The highest BCUT2D eigenvalue weighted by Crippen LogP contribution is 2.09. The molecule has 1 aromatic rings. The van der Waals surface area contributed by atoms with Crippen LogP contribution in [0.5, 0.6) is 0 Å². The van der Waals surface area contributed by atoms with Gasteiger partial charge < -0.3 is 15.2 Å². The van der Waals surface area contributed by atoms with E-state index in [0.717, 1.165) is 37.4 Å². The first-order chi connectivity index (χ1) is 6.77. The van der Waals surface area contributed by atoms with Crippen molar-refractivity contribution in [1.29, 1.82) is 0 Å². The van der Waals surface area contributed by atoms with E-state index in [9.17, 15) is 4.79 Å². The van der Waals surface area contributed by atoms with Crippen molar-refractivity contribution in [3.63, 3.8) is 0 Å². The molecule has 1 fully saturated rings. The Bertz CT molecular complexity index is 366. The van der Waals surface area contributed by atoms with Gasteiger partial charge in [-0.15, -0.1) is 0 Å². The van der Waals surface area contributed by atoms with Crippen molar-refractivity contribution in [1.82, 2.24) is 10.3 Å². The molecule has 0 atom stereocenters. The van der Waals surface area contributed by atoms with E-state index in [1.165, 1.54) is 0 Å². The lowest BCUT2D eigenvalue weighted by atomic mass is 10.2. The van der Waals surface area contributed by atoms with Gasteiger partial charge in [-0.1, -0.05) is 0 Å². The van der Waals surface area contributed by atoms with Crippen LogP contribution in [0.3, 0.4) is 0 Å². The minimum Gasteiger partial charge on any atom is -0.365 e. The summed E-state index contributed by atoms with van der Waals surface area (Å²) in [4.78, 5) is 16.4. The van der Waals surface area contributed by atoms with Crippen LogP contribution in [-0.4, -0.2) is 31.2 Å². The molecule has 1 aliphatic heterocycles. The van der Waals surface area contributed by atoms with Gasteiger partial charge in [0.1, 0.15) is 5.69 Å². The topological polar surface area (TPSA) is 48.1 Å². The molecular formula is C10H15N3O. The molecule has 2 rings (SSSR count). The summed E-state index contributed by atoms with van der Waals surface area (Å²) in [5.74, 6) is 0. The summed E-state index contributed by atoms with van der Waals surface area (Å²) >= 11 is 0. The third kappa shape index (κ3) is 1.80. The fourth-order valence-corrected chi connectivity index (χ4v) is 1.72. The van der Waals surface area contributed by atoms with Crippen molar-refractivity contribution >= 4 is 5.69 Å². The van der Waals surface area contributed by atoms with Gasteiger partial charge >= 0.3 is 0 Å². The molecule has 0 aliphatic carbocycles. The molecular weight excluding hydrogens is 178 g/mol. The number of aryl methyl sites for hydroxylation is 1. The number of aromatic amines is 1. The van der Waals surface area contributed by atoms with Crippen molar-refractivity contribution in [3.05, 3.63) is 28.2 Å². The van der Waals surface area contributed by atoms with Crippen LogP contribution in [0.4, 0.5) is 5.69 Å². The van der Waals surface area contributed by atoms with Gasteiger partial charge in [-0.25, -0.2) is 0 Å². The Kier molecular flexibility index (Phi) is 2.54. The van der Waals surface area contributed by atoms with E-state index in [-0.39, 0.29) is 5.56 Å². The predicted octanol–water partition coefficient (Wildman–Crippen LogP) is 0.0929. The molecule has 2 N–H and O–H groups in total. The molecule has 0 saturated carbocycles. The molecule has 0 spiro atoms. The normalized spacial score (nSPS) is 17.1. The van der Waals surface area contributed by atoms with Gasteiger partial charge in [0.25, 0.3) is 5.56 Å². The lowest BCUT2D eigenvalue weighted by molar-refractivity contribution is 0.587. The quantitative estimate of drug-likeness (QED) is 0.664. The first-order valence-electron chi connectivity index (χ1n) is 4.92. The van der Waals surface area contributed by atoms with Gasteiger partial charge in [-0.2, -0.15) is 0 Å². The molecule has 4 heteroatoms. The highest BCUT2D eigenvalue weighted by Gasteiger charge is 2.13. The Hall–Kier alpha value is -1.29. The van der Waals surface area contributed by atoms with E-state index in [1.54, 1.807) is 6.20 Å². The van der Waals surface area contributed by atoms with Gasteiger partial charge in [0.05, 0.1) is 0 Å². The second kappa shape index (κ2) is 3.84. The number of hydrogen-bond acceptors (Lipinski definition) is 3. The average Bonchev–Trinajstić information content (AvgIpc) is 2.23. The van der Waals surface area contributed by atoms with E-state index in [4.69, 9.17) is 0 Å². The Morgan fingerprint density at radius 3 is 2.79 bits per heavy atom. The highest BCUT2D eigenvalue weighted by molar-refractivity contribution is 5.46. The van der Waals surface area contributed by atoms with Crippen molar-refractivity contribution in [2.24, 2.45) is 0 Å². The smallest absolute Gasteiger partial charge is 0.271 e. The number of pyridine rings is 1. The molecule has 0 unspecified atom stereocenters. The maximum absolute atomic E-state index is 11.6. The van der Waals surface area contributed by atoms with E-state index in [2.05, 4.69) is 15.2 Å². The predicted molar refractivity (Wildman–Crippen MR) is 56.9 cm³/mol. The van der Waals surface area contributed by atoms with Crippen molar-refractivity contribution < 1.29 is 0 Å². The number of nitrogens with zero attached hydrogens (tertiary/aromatic N) is 1. The summed E-state index contributed by atoms with van der Waals surface area (Å²) in [7, 11) is 0. The third-order valence-electron chi connectivity index (χ3n) is 2.49. The van der Waals surface area contributed by atoms with Crippen LogP contribution in [0.15, 0.2) is 17.1 Å². The zero-order valence-corrected chi connectivity index (χ0v) is 8.34. The first-order valence-corrected chi connectivity index (χ1v) is 4.92. The van der Waals surface area contributed by atoms with Gasteiger partial charge in [0.2, 0.25) is 0 Å². The number of anilines is 1. The maximum Gasteiger partial charge on any atom is 0.271 e. The van der Waals surface area contributed by atoms with E-state index < -0.39 is 0 Å². The fourth-order valence-electron chi connectivity index (χ4n) is 1.72. The number of H-pyrrole nitrogens is 1. The Labute approximate surface area is 82.9 Å². The molecule has 1 saturated heterocycles. The Morgan fingerprint density at radius 1 is 1.36 bits per heavy atom. The van der Waals surface area contributed by atoms with Gasteiger partial charge in [0.15, 0.2) is 0 Å². The van der Waals surface area contributed by atoms with Crippen molar-refractivity contribution in [2.75, 3.05) is 31.1 Å². The van der Waals surface area contributed by atoms with Crippen LogP contribution in [0.25, 0.3) is 0 Å². The highest BCUT2D eigenvalue weighted by atomic mass is 16.1. The van der Waals surface area contributed by atoms with Crippen LogP contribution in [0.2, 0.25) is 0 Å². The molecule has 14 heavy (non-hydrogen) atoms. The summed E-state index contributed by atoms with van der Waals surface area (Å²) in [5.41, 5.74) is 1.90. The summed E-state index contributed by atoms with van der Waals surface area (Å²) in [5, 5.41) is 3.26. The van der Waals surface area contributed by atoms with Crippen LogP contribution in [0.1, 0.15) is 5.56 Å². The summed E-state index contributed by atoms with van der Waals surface area (Å²) in [6, 6.07) is 1.95. The fraction of sp³-hybridized carbons (Fsp3) is 0.500. The van der Waals surface area contributed by atoms with E-state index in [0.29, 0.717) is 0 Å². The van der Waals surface area contributed by atoms with Crippen LogP contribution < -0.4 is 15.8 Å². The summed E-state index contributed by atoms with van der Waals surface area (Å²) in [6.45, 7) is 5.71. The second-order valence-corrected chi connectivity index (χ2v) is 3.63. The molecule has 1 aromatic heterocycles. The molecule has 0 amide bonds. The number of piperazine rings is 1. The number of rotatable bonds is 1. The van der Waals surface area contributed by atoms with Crippen LogP contribution in [-0.2, 0) is 0 Å². The molecule has 0 bridgehead atoms. The lowest BCUT2D eigenvalue weighted by Crippen LogP contribution is -2.45. The Balaban J connectivity index is 2.29. The first kappa shape index (κ1) is 9.27. The standard InChI is InChI=1S/C10H15N3O/c1-8-6-9(10(14)12-7-8)13-4-2-11-3-5-13/h6-7,11H,2-5H2,1H3,(H,12,14). The average molecular weight is 193 g/mol. The van der Waals surface area contributed by atoms with E-state index >= 15 is 0 Å². The second-order valence-electron chi connectivity index (χ2n) is 3.63. The minimum atomic E-state index is 0.0116. The number of aromatic nitrogens is 1. The van der Waals surface area contributed by atoms with E-state index in [1.807, 2.05) is 13.0 Å². The van der Waals surface area contributed by atoms with Crippen molar-refractivity contribution in [2.45, 2.75) is 6.92 Å². The van der Waals surface area contributed by atoms with Gasteiger partial charge in [0, 0.05) is 32.4 Å². The van der Waals surface area contributed by atoms with Gasteiger partial charge in [-0.3, -0.25) is 4.79 Å². The van der Waals surface area contributed by atoms with Crippen LogP contribution in [0, 0.1) is 6.92 Å². The monoisotopic (exact) mass is 193 g/mol. The molecule has 4 nitrogen and oxygen atoms in total. The van der Waals surface area contributed by atoms with Gasteiger partial charge in [-0.05, 0) is 18.6 Å². The molecule has 0 radical (unpaired) electrons. The van der Waals surface area contributed by atoms with Crippen LogP contribution >= 0.6 is 0 Å². The maximum atomic E-state index is 11.6. The minimum absolute atomic E-state index is 0.0116. The summed E-state index contributed by atoms with van der Waals surface area (Å²) in [6.07, 6.45) is 1.74. The SMILES string of the molecule is Cc1c[nH]c(=O)c(N2CCNCC2)c1. The zero-order chi connectivity index (χ0) is 9.97. The number of nitrogens with one attached hydrogen (secondary N) is 2. The Morgan fingerprint density at radius 2 is 2.07 bits per heavy atom. The molecule has 1 aliphatic rings. The molecule has 76 valence electrons. The zero-order valence-electron chi connectivity index (χ0n) is 8.34. The lowest BCUT2D eigenvalue weighted by Gasteiger charge is -2.28. The largest absolute Gasteiger partial charge is 0.365 e. The number of hydrogen-bond donors (Lipinski definition) is 2. The molecule has 2 heterocycles. The van der Waals surface area contributed by atoms with Crippen molar-refractivity contribution in [3.8, 4) is 0 Å². The summed E-state index contributed by atoms with van der Waals surface area (Å²) < 4.78 is 0. The third-order valence-corrected chi connectivity index (χ3v) is 2.49.